The van der Waals surface area contributed by atoms with Crippen LogP contribution in [0.4, 0.5) is 0 Å². The van der Waals surface area contributed by atoms with Crippen LogP contribution in [0, 0.1) is 5.92 Å². The smallest absolute Gasteiger partial charge is 0.303 e. The Labute approximate surface area is 108 Å². The normalized spacial score (nSPS) is 18.3. The van der Waals surface area contributed by atoms with Crippen molar-refractivity contribution < 1.29 is 14.6 Å². The van der Waals surface area contributed by atoms with E-state index in [-0.39, 0.29) is 18.4 Å². The van der Waals surface area contributed by atoms with Gasteiger partial charge in [-0.25, -0.2) is 0 Å². The lowest BCUT2D eigenvalue weighted by Gasteiger charge is -2.21. The van der Waals surface area contributed by atoms with Gasteiger partial charge in [-0.2, -0.15) is 0 Å². The lowest BCUT2D eigenvalue weighted by atomic mass is 9.86. The van der Waals surface area contributed by atoms with Crippen LogP contribution in [0.5, 0.6) is 0 Å². The summed E-state index contributed by atoms with van der Waals surface area (Å²) in [5.41, 5.74) is 2.27. The molecule has 1 aliphatic rings. The average molecular weight is 248 g/mol. The van der Waals surface area contributed by atoms with E-state index in [1.54, 1.807) is 7.11 Å². The number of carboxylic acids is 1. The second-order valence-electron chi connectivity index (χ2n) is 5.05. The first-order valence-corrected chi connectivity index (χ1v) is 6.47. The summed E-state index contributed by atoms with van der Waals surface area (Å²) in [4.78, 5) is 11.0. The lowest BCUT2D eigenvalue weighted by molar-refractivity contribution is -0.137. The maximum absolute atomic E-state index is 11.0. The summed E-state index contributed by atoms with van der Waals surface area (Å²) in [7, 11) is 1.69. The molecule has 2 unspecified atom stereocenters. The average Bonchev–Trinajstić information content (AvgIpc) is 3.19. The van der Waals surface area contributed by atoms with Gasteiger partial charge in [0.2, 0.25) is 0 Å². The van der Waals surface area contributed by atoms with E-state index >= 15 is 0 Å². The van der Waals surface area contributed by atoms with E-state index in [2.05, 4.69) is 6.07 Å². The molecule has 0 spiro atoms. The summed E-state index contributed by atoms with van der Waals surface area (Å²) in [5.74, 6) is -0.0469. The second-order valence-corrected chi connectivity index (χ2v) is 5.05. The molecule has 0 aromatic heterocycles. The van der Waals surface area contributed by atoms with E-state index < -0.39 is 5.97 Å². The van der Waals surface area contributed by atoms with Gasteiger partial charge in [0.15, 0.2) is 0 Å². The van der Waals surface area contributed by atoms with E-state index in [1.807, 2.05) is 25.1 Å². The summed E-state index contributed by atoms with van der Waals surface area (Å²) in [6.45, 7) is 2.00. The zero-order valence-corrected chi connectivity index (χ0v) is 10.9. The van der Waals surface area contributed by atoms with Gasteiger partial charge in [0.25, 0.3) is 0 Å². The van der Waals surface area contributed by atoms with E-state index in [1.165, 1.54) is 0 Å². The number of hydrogen-bond acceptors (Lipinski definition) is 2. The van der Waals surface area contributed by atoms with Crippen LogP contribution in [0.25, 0.3) is 0 Å². The molecule has 3 nitrogen and oxygen atoms in total. The van der Waals surface area contributed by atoms with E-state index in [9.17, 15) is 4.79 Å². The zero-order valence-electron chi connectivity index (χ0n) is 10.9. The predicted octanol–water partition coefficient (Wildman–Crippen LogP) is 3.36. The highest BCUT2D eigenvalue weighted by atomic mass is 16.5. The minimum Gasteiger partial charge on any atom is -0.481 e. The topological polar surface area (TPSA) is 46.5 Å². The van der Waals surface area contributed by atoms with Gasteiger partial charge in [-0.05, 0) is 42.7 Å². The van der Waals surface area contributed by atoms with E-state index in [4.69, 9.17) is 9.84 Å². The van der Waals surface area contributed by atoms with Crippen LogP contribution in [0.15, 0.2) is 24.3 Å². The van der Waals surface area contributed by atoms with Crippen molar-refractivity contribution in [3.05, 3.63) is 35.4 Å². The maximum atomic E-state index is 11.0. The van der Waals surface area contributed by atoms with Crippen LogP contribution in [0.3, 0.4) is 0 Å². The van der Waals surface area contributed by atoms with Gasteiger partial charge in [-0.1, -0.05) is 24.3 Å². The third-order valence-electron chi connectivity index (χ3n) is 3.77. The molecule has 98 valence electrons. The number of methoxy groups -OCH3 is 1. The Morgan fingerprint density at radius 1 is 1.39 bits per heavy atom. The van der Waals surface area contributed by atoms with Crippen LogP contribution < -0.4 is 0 Å². The van der Waals surface area contributed by atoms with Gasteiger partial charge < -0.3 is 9.84 Å². The molecule has 1 aromatic rings. The summed E-state index contributed by atoms with van der Waals surface area (Å²) in [6.07, 6.45) is 2.52. The van der Waals surface area contributed by atoms with Crippen LogP contribution in [0.1, 0.15) is 49.3 Å². The van der Waals surface area contributed by atoms with Crippen molar-refractivity contribution >= 4 is 5.97 Å². The van der Waals surface area contributed by atoms with Crippen LogP contribution in [0.2, 0.25) is 0 Å². The Balaban J connectivity index is 2.31. The SMILES string of the molecule is COC(C)c1ccccc1C(CC(=O)O)C1CC1. The molecule has 0 saturated heterocycles. The van der Waals surface area contributed by atoms with Crippen LogP contribution >= 0.6 is 0 Å². The number of carboxylic acid groups (broad SMARTS) is 1. The molecule has 0 amide bonds. The zero-order chi connectivity index (χ0) is 13.1. The maximum Gasteiger partial charge on any atom is 0.303 e. The molecular weight excluding hydrogens is 228 g/mol. The number of hydrogen-bond donors (Lipinski definition) is 1. The first-order chi connectivity index (χ1) is 8.63. The molecule has 1 fully saturated rings. The lowest BCUT2D eigenvalue weighted by Crippen LogP contribution is -2.12. The Morgan fingerprint density at radius 2 is 2.00 bits per heavy atom. The second kappa shape index (κ2) is 5.53. The van der Waals surface area contributed by atoms with E-state index in [0.717, 1.165) is 24.0 Å². The highest BCUT2D eigenvalue weighted by molar-refractivity contribution is 5.68. The van der Waals surface area contributed by atoms with Gasteiger partial charge in [0.1, 0.15) is 0 Å². The van der Waals surface area contributed by atoms with Crippen molar-refractivity contribution in [1.82, 2.24) is 0 Å². The molecule has 1 aliphatic carbocycles. The fourth-order valence-electron chi connectivity index (χ4n) is 2.56. The summed E-state index contributed by atoms with van der Waals surface area (Å²) < 4.78 is 5.38. The fourth-order valence-corrected chi connectivity index (χ4v) is 2.56. The summed E-state index contributed by atoms with van der Waals surface area (Å²) in [5, 5.41) is 9.08. The largest absolute Gasteiger partial charge is 0.481 e. The third kappa shape index (κ3) is 2.91. The van der Waals surface area contributed by atoms with Gasteiger partial charge >= 0.3 is 5.97 Å². The van der Waals surface area contributed by atoms with Crippen molar-refractivity contribution in [1.29, 1.82) is 0 Å². The number of aliphatic carboxylic acids is 1. The number of carbonyl (C=O) groups is 1. The molecule has 0 radical (unpaired) electrons. The molecule has 1 N–H and O–H groups in total. The molecular formula is C15H20O3. The molecule has 2 rings (SSSR count). The van der Waals surface area contributed by atoms with Crippen LogP contribution in [-0.2, 0) is 9.53 Å². The first kappa shape index (κ1) is 13.1. The molecule has 0 aliphatic heterocycles. The van der Waals surface area contributed by atoms with Gasteiger partial charge in [0, 0.05) is 7.11 Å². The molecule has 3 heteroatoms. The Hall–Kier alpha value is -1.35. The highest BCUT2D eigenvalue weighted by Gasteiger charge is 2.35. The summed E-state index contributed by atoms with van der Waals surface area (Å²) in [6, 6.07) is 8.06. The molecule has 2 atom stereocenters. The van der Waals surface area contributed by atoms with Gasteiger partial charge in [-0.15, -0.1) is 0 Å². The van der Waals surface area contributed by atoms with Gasteiger partial charge in [-0.3, -0.25) is 4.79 Å². The number of ether oxygens (including phenoxy) is 1. The van der Waals surface area contributed by atoms with Crippen molar-refractivity contribution in [2.45, 2.75) is 38.2 Å². The van der Waals surface area contributed by atoms with Crippen molar-refractivity contribution in [2.75, 3.05) is 7.11 Å². The fraction of sp³-hybridized carbons (Fsp3) is 0.533. The Bertz CT molecular complexity index is 424. The Morgan fingerprint density at radius 3 is 2.50 bits per heavy atom. The van der Waals surface area contributed by atoms with Crippen molar-refractivity contribution in [3.8, 4) is 0 Å². The molecule has 0 heterocycles. The molecule has 1 aromatic carbocycles. The summed E-state index contributed by atoms with van der Waals surface area (Å²) >= 11 is 0. The monoisotopic (exact) mass is 248 g/mol. The minimum atomic E-state index is -0.716. The van der Waals surface area contributed by atoms with Crippen LogP contribution in [-0.4, -0.2) is 18.2 Å². The third-order valence-corrected chi connectivity index (χ3v) is 3.77. The Kier molecular flexibility index (Phi) is 4.02. The van der Waals surface area contributed by atoms with Crippen molar-refractivity contribution in [2.24, 2.45) is 5.92 Å². The van der Waals surface area contributed by atoms with Crippen molar-refractivity contribution in [3.63, 3.8) is 0 Å². The molecule has 1 saturated carbocycles. The predicted molar refractivity (Wildman–Crippen MR) is 69.6 cm³/mol. The quantitative estimate of drug-likeness (QED) is 0.839. The standard InChI is InChI=1S/C15H20O3/c1-10(18-2)12-5-3-4-6-13(12)14(9-15(16)17)11-7-8-11/h3-6,10-11,14H,7-9H2,1-2H3,(H,16,17). The first-order valence-electron chi connectivity index (χ1n) is 6.47. The molecule has 18 heavy (non-hydrogen) atoms. The minimum absolute atomic E-state index is 0.0104. The highest BCUT2D eigenvalue weighted by Crippen LogP contribution is 2.46. The van der Waals surface area contributed by atoms with Gasteiger partial charge in [0.05, 0.1) is 12.5 Å². The molecule has 0 bridgehead atoms. The van der Waals surface area contributed by atoms with E-state index in [0.29, 0.717) is 5.92 Å². The number of rotatable bonds is 6. The number of benzene rings is 1.